The van der Waals surface area contributed by atoms with Crippen LogP contribution in [0.1, 0.15) is 31.7 Å². The average Bonchev–Trinajstić information content (AvgIpc) is 3.14. The molecule has 2 aromatic rings. The highest BCUT2D eigenvalue weighted by Crippen LogP contribution is 2.28. The number of fused-ring (bicyclic) bond motifs is 1. The fraction of sp³-hybridized carbons (Fsp3) is 0.526. The van der Waals surface area contributed by atoms with Gasteiger partial charge in [-0.05, 0) is 38.0 Å². The molecule has 0 amide bonds. The number of methoxy groups -OCH3 is 1. The van der Waals surface area contributed by atoms with Crippen molar-refractivity contribution < 1.29 is 9.47 Å². The van der Waals surface area contributed by atoms with Crippen LogP contribution in [0.25, 0.3) is 0 Å². The second-order valence-electron chi connectivity index (χ2n) is 6.35. The summed E-state index contributed by atoms with van der Waals surface area (Å²) in [4.78, 5) is 9.01. The molecule has 8 nitrogen and oxygen atoms in total. The summed E-state index contributed by atoms with van der Waals surface area (Å²) in [6.07, 6.45) is 3.56. The van der Waals surface area contributed by atoms with Gasteiger partial charge in [0.1, 0.15) is 12.2 Å². The Bertz CT molecular complexity index is 780. The van der Waals surface area contributed by atoms with E-state index in [0.717, 1.165) is 54.8 Å². The zero-order chi connectivity index (χ0) is 19.1. The first-order chi connectivity index (χ1) is 13.2. The summed E-state index contributed by atoms with van der Waals surface area (Å²) >= 11 is 0. The molecule has 0 saturated carbocycles. The van der Waals surface area contributed by atoms with Crippen LogP contribution in [-0.4, -0.2) is 47.0 Å². The van der Waals surface area contributed by atoms with Crippen LogP contribution in [0.3, 0.4) is 0 Å². The van der Waals surface area contributed by atoms with Gasteiger partial charge in [0.2, 0.25) is 0 Å². The highest BCUT2D eigenvalue weighted by molar-refractivity contribution is 14.0. The van der Waals surface area contributed by atoms with Crippen LogP contribution in [0.15, 0.2) is 29.5 Å². The molecule has 9 heteroatoms. The number of aryl methyl sites for hydroxylation is 1. The van der Waals surface area contributed by atoms with Gasteiger partial charge in [-0.2, -0.15) is 5.10 Å². The van der Waals surface area contributed by atoms with E-state index in [0.29, 0.717) is 13.2 Å². The molecule has 2 N–H and O–H groups in total. The molecular weight excluding hydrogens is 471 g/mol. The quantitative estimate of drug-likeness (QED) is 0.345. The molecular formula is C19H29IN6O2. The molecule has 0 aliphatic carbocycles. The van der Waals surface area contributed by atoms with Gasteiger partial charge in [0, 0.05) is 19.0 Å². The van der Waals surface area contributed by atoms with Crippen LogP contribution < -0.4 is 20.1 Å². The van der Waals surface area contributed by atoms with E-state index in [1.807, 2.05) is 29.8 Å². The molecule has 1 aromatic heterocycles. The Morgan fingerprint density at radius 2 is 2.18 bits per heavy atom. The van der Waals surface area contributed by atoms with Crippen LogP contribution in [0.5, 0.6) is 11.5 Å². The summed E-state index contributed by atoms with van der Waals surface area (Å²) in [5, 5.41) is 11.1. The minimum Gasteiger partial charge on any atom is -0.493 e. The Morgan fingerprint density at radius 3 is 2.93 bits per heavy atom. The van der Waals surface area contributed by atoms with Crippen molar-refractivity contribution in [2.45, 2.75) is 45.8 Å². The van der Waals surface area contributed by atoms with Crippen LogP contribution in [0.4, 0.5) is 0 Å². The number of benzene rings is 1. The van der Waals surface area contributed by atoms with Gasteiger partial charge in [0.05, 0.1) is 26.8 Å². The lowest BCUT2D eigenvalue weighted by atomic mass is 10.1. The van der Waals surface area contributed by atoms with Crippen LogP contribution >= 0.6 is 24.0 Å². The van der Waals surface area contributed by atoms with Crippen molar-refractivity contribution in [3.05, 3.63) is 35.9 Å². The normalized spacial score (nSPS) is 16.0. The highest BCUT2D eigenvalue weighted by atomic mass is 127. The van der Waals surface area contributed by atoms with Gasteiger partial charge in [-0.25, -0.2) is 14.7 Å². The predicted molar refractivity (Wildman–Crippen MR) is 120 cm³/mol. The van der Waals surface area contributed by atoms with Crippen LogP contribution in [0, 0.1) is 0 Å². The van der Waals surface area contributed by atoms with E-state index in [1.165, 1.54) is 0 Å². The van der Waals surface area contributed by atoms with E-state index in [1.54, 1.807) is 13.4 Å². The predicted octanol–water partition coefficient (Wildman–Crippen LogP) is 2.37. The maximum atomic E-state index is 5.65. The van der Waals surface area contributed by atoms with Crippen molar-refractivity contribution in [3.8, 4) is 11.5 Å². The zero-order valence-electron chi connectivity index (χ0n) is 16.6. The van der Waals surface area contributed by atoms with Gasteiger partial charge in [-0.15, -0.1) is 24.0 Å². The summed E-state index contributed by atoms with van der Waals surface area (Å²) < 4.78 is 13.0. The molecule has 1 aliphatic heterocycles. The first-order valence-electron chi connectivity index (χ1n) is 9.44. The number of aliphatic imine (C=N–C) groups is 1. The number of guanidine groups is 1. The van der Waals surface area contributed by atoms with Gasteiger partial charge in [0.25, 0.3) is 0 Å². The molecule has 1 aromatic carbocycles. The number of hydrogen-bond acceptors (Lipinski definition) is 5. The lowest BCUT2D eigenvalue weighted by molar-refractivity contribution is 0.310. The Morgan fingerprint density at radius 1 is 1.32 bits per heavy atom. The van der Waals surface area contributed by atoms with Crippen molar-refractivity contribution in [1.29, 1.82) is 0 Å². The Hall–Kier alpha value is -2.04. The first-order valence-corrected chi connectivity index (χ1v) is 9.44. The second-order valence-corrected chi connectivity index (χ2v) is 6.35. The monoisotopic (exact) mass is 500 g/mol. The van der Waals surface area contributed by atoms with Crippen molar-refractivity contribution in [2.24, 2.45) is 4.99 Å². The fourth-order valence-corrected chi connectivity index (χ4v) is 3.13. The molecule has 0 fully saturated rings. The molecule has 1 unspecified atom stereocenters. The number of aromatic nitrogens is 3. The number of ether oxygens (including phenoxy) is 2. The maximum absolute atomic E-state index is 5.65. The topological polar surface area (TPSA) is 85.6 Å². The van der Waals surface area contributed by atoms with E-state index in [-0.39, 0.29) is 30.0 Å². The van der Waals surface area contributed by atoms with Crippen molar-refractivity contribution >= 4 is 29.9 Å². The molecule has 28 heavy (non-hydrogen) atoms. The van der Waals surface area contributed by atoms with Crippen LogP contribution in [-0.2, 0) is 19.5 Å². The summed E-state index contributed by atoms with van der Waals surface area (Å²) in [5.41, 5.74) is 1.07. The molecule has 0 radical (unpaired) electrons. The van der Waals surface area contributed by atoms with Gasteiger partial charge >= 0.3 is 0 Å². The Labute approximate surface area is 183 Å². The number of nitrogens with zero attached hydrogens (tertiary/aromatic N) is 4. The Balaban J connectivity index is 0.00000280. The third-order valence-electron chi connectivity index (χ3n) is 4.44. The Kier molecular flexibility index (Phi) is 8.81. The van der Waals surface area contributed by atoms with E-state index in [2.05, 4.69) is 27.6 Å². The number of nitrogens with one attached hydrogen (secondary N) is 2. The molecule has 0 saturated heterocycles. The lowest BCUT2D eigenvalue weighted by Crippen LogP contribution is -2.47. The minimum atomic E-state index is 0. The number of rotatable bonds is 7. The molecule has 1 atom stereocenters. The molecule has 2 heterocycles. The van der Waals surface area contributed by atoms with Gasteiger partial charge in [-0.1, -0.05) is 6.07 Å². The SMILES string of the molecule is CCNC(=NCc1ccc(OC)c(OCC)c1)NC1CCc2ncnn2C1.I. The molecule has 3 rings (SSSR count). The number of hydrogen-bond donors (Lipinski definition) is 2. The summed E-state index contributed by atoms with van der Waals surface area (Å²) in [7, 11) is 1.65. The summed E-state index contributed by atoms with van der Waals surface area (Å²) in [6, 6.07) is 6.20. The average molecular weight is 500 g/mol. The fourth-order valence-electron chi connectivity index (χ4n) is 3.13. The van der Waals surface area contributed by atoms with E-state index in [4.69, 9.17) is 14.5 Å². The van der Waals surface area contributed by atoms with Crippen molar-refractivity contribution in [3.63, 3.8) is 0 Å². The van der Waals surface area contributed by atoms with Crippen molar-refractivity contribution in [1.82, 2.24) is 25.4 Å². The number of halogens is 1. The van der Waals surface area contributed by atoms with E-state index < -0.39 is 0 Å². The maximum Gasteiger partial charge on any atom is 0.191 e. The van der Waals surface area contributed by atoms with Gasteiger partial charge < -0.3 is 20.1 Å². The first kappa shape index (κ1) is 22.3. The van der Waals surface area contributed by atoms with Gasteiger partial charge in [-0.3, -0.25) is 0 Å². The molecule has 0 bridgehead atoms. The smallest absolute Gasteiger partial charge is 0.191 e. The summed E-state index contributed by atoms with van der Waals surface area (Å²) in [5.74, 6) is 3.34. The van der Waals surface area contributed by atoms with E-state index in [9.17, 15) is 0 Å². The molecule has 154 valence electrons. The summed E-state index contributed by atoms with van der Waals surface area (Å²) in [6.45, 7) is 6.78. The van der Waals surface area contributed by atoms with Crippen molar-refractivity contribution in [2.75, 3.05) is 20.3 Å². The zero-order valence-corrected chi connectivity index (χ0v) is 19.0. The molecule has 1 aliphatic rings. The standard InChI is InChI=1S/C19H28N6O2.HI/c1-4-20-19(24-15-7-9-18-22-13-23-25(18)12-15)21-11-14-6-8-16(26-3)17(10-14)27-5-2;/h6,8,10,13,15H,4-5,7,9,11-12H2,1-3H3,(H2,20,21,24);1H. The van der Waals surface area contributed by atoms with Gasteiger partial charge in [0.15, 0.2) is 17.5 Å². The third-order valence-corrected chi connectivity index (χ3v) is 4.44. The third kappa shape index (κ3) is 5.73. The largest absolute Gasteiger partial charge is 0.493 e. The van der Waals surface area contributed by atoms with E-state index >= 15 is 0 Å². The molecule has 0 spiro atoms. The second kappa shape index (κ2) is 11.1. The lowest BCUT2D eigenvalue weighted by Gasteiger charge is -2.25. The highest BCUT2D eigenvalue weighted by Gasteiger charge is 2.20. The minimum absolute atomic E-state index is 0. The van der Waals surface area contributed by atoms with Crippen LogP contribution in [0.2, 0.25) is 0 Å².